The van der Waals surface area contributed by atoms with Gasteiger partial charge in [0, 0.05) is 45.6 Å². The van der Waals surface area contributed by atoms with Gasteiger partial charge in [0.25, 0.3) is 11.7 Å². The number of hydrogen-bond donors (Lipinski definition) is 2. The number of cyclic esters (lactones) is 1. The lowest BCUT2D eigenvalue weighted by Crippen LogP contribution is -2.64. The third kappa shape index (κ3) is 10.9. The number of fused-ring (bicyclic) bond motifs is 3. The van der Waals surface area contributed by atoms with Crippen LogP contribution in [-0.2, 0) is 42.9 Å². The van der Waals surface area contributed by atoms with Crippen LogP contribution in [0.4, 0.5) is 0 Å². The quantitative estimate of drug-likeness (QED) is 0.192. The van der Waals surface area contributed by atoms with Crippen molar-refractivity contribution in [1.29, 1.82) is 0 Å². The molecule has 13 atom stereocenters. The first kappa shape index (κ1) is 45.7. The Hall–Kier alpha value is -3.00. The van der Waals surface area contributed by atoms with Gasteiger partial charge in [-0.1, -0.05) is 50.6 Å². The SMILES string of the molecule is C=CC[C@H]1/C=C(\C)C[C@H](C)C[C@H](OC)[C@H]2O[C@@](O)(C(=O)C(=O)N3CCCC[C@H]3C(=O)O[C@H](/C(C)=C/[C@@H]3CC[C@@H](O)[C@H](OC)C3)[C@H](C)/C=C\C1=O)[C@H](C)C[C@@H]2OC. The summed E-state index contributed by atoms with van der Waals surface area (Å²) < 4.78 is 29.8. The van der Waals surface area contributed by atoms with E-state index >= 15 is 0 Å². The Bertz CT molecular complexity index is 1490. The average Bonchev–Trinajstić information content (AvgIpc) is 3.18. The number of allylic oxidation sites excluding steroid dienone is 5. The summed E-state index contributed by atoms with van der Waals surface area (Å²) in [5.41, 5.74) is 1.77. The van der Waals surface area contributed by atoms with E-state index in [0.29, 0.717) is 44.9 Å². The molecule has 0 aromatic carbocycles. The van der Waals surface area contributed by atoms with Crippen molar-refractivity contribution >= 4 is 23.4 Å². The number of esters is 1. The molecule has 0 unspecified atom stereocenters. The molecule has 56 heavy (non-hydrogen) atoms. The van der Waals surface area contributed by atoms with Gasteiger partial charge in [-0.3, -0.25) is 14.4 Å². The predicted octanol–water partition coefficient (Wildman–Crippen LogP) is 5.44. The van der Waals surface area contributed by atoms with Gasteiger partial charge in [0.2, 0.25) is 5.79 Å². The van der Waals surface area contributed by atoms with Gasteiger partial charge in [0.15, 0.2) is 5.78 Å². The maximum absolute atomic E-state index is 14.3. The number of rotatable bonds is 7. The van der Waals surface area contributed by atoms with Crippen LogP contribution in [0.5, 0.6) is 0 Å². The normalized spacial score (nSPS) is 40.4. The van der Waals surface area contributed by atoms with Crippen molar-refractivity contribution < 1.29 is 53.1 Å². The van der Waals surface area contributed by atoms with E-state index in [4.69, 9.17) is 23.7 Å². The maximum atomic E-state index is 14.3. The van der Waals surface area contributed by atoms with Crippen molar-refractivity contribution in [2.24, 2.45) is 29.6 Å². The summed E-state index contributed by atoms with van der Waals surface area (Å²) in [7, 11) is 4.66. The third-order valence-electron chi connectivity index (χ3n) is 12.4. The Morgan fingerprint density at radius 1 is 0.982 bits per heavy atom. The van der Waals surface area contributed by atoms with Crippen LogP contribution >= 0.6 is 0 Å². The number of carbonyl (C=O) groups is 4. The molecule has 0 radical (unpaired) electrons. The number of hydrogen-bond acceptors (Lipinski definition) is 11. The zero-order chi connectivity index (χ0) is 41.3. The average molecular weight is 786 g/mol. The number of amides is 1. The summed E-state index contributed by atoms with van der Waals surface area (Å²) in [6.07, 6.45) is 10.5. The molecule has 4 aliphatic rings. The van der Waals surface area contributed by atoms with Gasteiger partial charge >= 0.3 is 5.97 Å². The summed E-state index contributed by atoms with van der Waals surface area (Å²) in [4.78, 5) is 57.6. The number of ketones is 2. The number of Topliss-reactive ketones (excluding diaryl/α,β-unsaturated/α-hetero) is 1. The number of nitrogens with zero attached hydrogens (tertiary/aromatic N) is 1. The van der Waals surface area contributed by atoms with E-state index in [1.165, 1.54) is 19.1 Å². The van der Waals surface area contributed by atoms with Crippen molar-refractivity contribution in [3.05, 3.63) is 48.1 Å². The molecule has 1 saturated carbocycles. The van der Waals surface area contributed by atoms with E-state index in [9.17, 15) is 29.4 Å². The molecule has 1 aliphatic carbocycles. The molecule has 0 spiro atoms. The molecule has 12 heteroatoms. The first-order valence-corrected chi connectivity index (χ1v) is 20.5. The fraction of sp³-hybridized carbons (Fsp3) is 0.727. The maximum Gasteiger partial charge on any atom is 0.329 e. The van der Waals surface area contributed by atoms with E-state index in [1.807, 2.05) is 26.8 Å². The fourth-order valence-electron chi connectivity index (χ4n) is 9.12. The molecule has 12 nitrogen and oxygen atoms in total. The molecule has 1 amide bonds. The molecule has 3 aliphatic heterocycles. The van der Waals surface area contributed by atoms with Crippen LogP contribution in [0, 0.1) is 29.6 Å². The minimum Gasteiger partial charge on any atom is -0.456 e. The molecule has 2 saturated heterocycles. The highest BCUT2D eigenvalue weighted by atomic mass is 16.7. The van der Waals surface area contributed by atoms with Gasteiger partial charge in [-0.05, 0) is 102 Å². The molecule has 2 N–H and O–H groups in total. The van der Waals surface area contributed by atoms with E-state index in [1.54, 1.807) is 32.3 Å². The zero-order valence-corrected chi connectivity index (χ0v) is 34.8. The lowest BCUT2D eigenvalue weighted by Gasteiger charge is -2.47. The number of aliphatic hydroxyl groups is 2. The monoisotopic (exact) mass is 785 g/mol. The highest BCUT2D eigenvalue weighted by molar-refractivity contribution is 6.39. The lowest BCUT2D eigenvalue weighted by molar-refractivity contribution is -0.302. The van der Waals surface area contributed by atoms with Gasteiger partial charge in [-0.25, -0.2) is 4.79 Å². The van der Waals surface area contributed by atoms with E-state index < -0.39 is 77.8 Å². The van der Waals surface area contributed by atoms with Crippen molar-refractivity contribution in [3.63, 3.8) is 0 Å². The number of piperidine rings is 1. The lowest BCUT2D eigenvalue weighted by atomic mass is 9.82. The van der Waals surface area contributed by atoms with Crippen LogP contribution in [0.2, 0.25) is 0 Å². The second-order valence-electron chi connectivity index (χ2n) is 16.8. The molecular formula is C44H67NO11. The molecule has 3 fully saturated rings. The van der Waals surface area contributed by atoms with Crippen molar-refractivity contribution in [1.82, 2.24) is 4.90 Å². The summed E-state index contributed by atoms with van der Waals surface area (Å²) >= 11 is 0. The smallest absolute Gasteiger partial charge is 0.329 e. The largest absolute Gasteiger partial charge is 0.456 e. The second-order valence-corrected chi connectivity index (χ2v) is 16.8. The number of carbonyl (C=O) groups excluding carboxylic acids is 4. The second kappa shape index (κ2) is 20.6. The molecule has 4 rings (SSSR count). The molecule has 0 aromatic heterocycles. The van der Waals surface area contributed by atoms with Crippen molar-refractivity contribution in [3.8, 4) is 0 Å². The standard InChI is InChI=1S/C44H67NO11/c1-10-13-32-21-26(2)20-27(3)22-37(53-8)40-38(54-9)24-30(6)44(51,56-40)41(48)42(49)45-19-12-11-14-33(45)43(50)55-39(28(4)15-17-34(32)46)29(5)23-31-16-18-35(47)36(25-31)52-7/h10,15,17,21,23,27-28,30-33,35-40,47,51H,1,11-14,16,18-20,22,24-25H2,2-9H3/b17-15-,26-21+,29-23+/t27-,28+,30+,31-,32-,33-,35+,36+,37-,38-,39-,40+,44+/m0/s1. The topological polar surface area (TPSA) is 158 Å². The summed E-state index contributed by atoms with van der Waals surface area (Å²) in [6, 6.07) is -1.08. The minimum absolute atomic E-state index is 0.0469. The zero-order valence-electron chi connectivity index (χ0n) is 34.8. The van der Waals surface area contributed by atoms with Crippen LogP contribution in [0.1, 0.15) is 98.8 Å². The van der Waals surface area contributed by atoms with Crippen LogP contribution < -0.4 is 0 Å². The fourth-order valence-corrected chi connectivity index (χ4v) is 9.12. The van der Waals surface area contributed by atoms with Crippen molar-refractivity contribution in [2.75, 3.05) is 27.9 Å². The Morgan fingerprint density at radius 3 is 2.32 bits per heavy atom. The third-order valence-corrected chi connectivity index (χ3v) is 12.4. The van der Waals surface area contributed by atoms with Gasteiger partial charge in [-0.15, -0.1) is 6.58 Å². The van der Waals surface area contributed by atoms with Gasteiger partial charge in [0.05, 0.1) is 24.4 Å². The van der Waals surface area contributed by atoms with E-state index in [2.05, 4.69) is 19.6 Å². The minimum atomic E-state index is -2.48. The number of aliphatic hydroxyl groups excluding tert-OH is 1. The first-order valence-electron chi connectivity index (χ1n) is 20.5. The Labute approximate surface area is 333 Å². The first-order chi connectivity index (χ1) is 26.6. The van der Waals surface area contributed by atoms with E-state index in [-0.39, 0.29) is 43.1 Å². The van der Waals surface area contributed by atoms with Crippen LogP contribution in [0.3, 0.4) is 0 Å². The van der Waals surface area contributed by atoms with Crippen LogP contribution in [-0.4, -0.2) is 115 Å². The Kier molecular flexibility index (Phi) is 16.8. The summed E-state index contributed by atoms with van der Waals surface area (Å²) in [5, 5.41) is 22.4. The number of ether oxygens (including phenoxy) is 5. The summed E-state index contributed by atoms with van der Waals surface area (Å²) in [5.74, 6) is -7.00. The van der Waals surface area contributed by atoms with Gasteiger partial charge < -0.3 is 38.8 Å². The molecule has 3 heterocycles. The van der Waals surface area contributed by atoms with E-state index in [0.717, 1.165) is 17.6 Å². The van der Waals surface area contributed by atoms with Crippen molar-refractivity contribution in [2.45, 2.75) is 147 Å². The van der Waals surface area contributed by atoms with Gasteiger partial charge in [-0.2, -0.15) is 0 Å². The summed E-state index contributed by atoms with van der Waals surface area (Å²) in [6.45, 7) is 13.5. The van der Waals surface area contributed by atoms with Crippen LogP contribution in [0.25, 0.3) is 0 Å². The number of methoxy groups -OCH3 is 3. The van der Waals surface area contributed by atoms with Crippen LogP contribution in [0.15, 0.2) is 48.1 Å². The molecule has 314 valence electrons. The Balaban J connectivity index is 1.78. The highest BCUT2D eigenvalue weighted by Gasteiger charge is 2.56. The molecule has 0 aromatic rings. The van der Waals surface area contributed by atoms with Gasteiger partial charge in [0.1, 0.15) is 18.2 Å². The molecular weight excluding hydrogens is 718 g/mol. The Morgan fingerprint density at radius 2 is 1.66 bits per heavy atom. The molecule has 2 bridgehead atoms. The highest BCUT2D eigenvalue weighted by Crippen LogP contribution is 2.39. The predicted molar refractivity (Wildman–Crippen MR) is 211 cm³/mol.